The van der Waals surface area contributed by atoms with Gasteiger partial charge in [0.05, 0.1) is 6.67 Å². The highest BCUT2D eigenvalue weighted by Gasteiger charge is 2.09. The summed E-state index contributed by atoms with van der Waals surface area (Å²) in [6.07, 6.45) is 5.38. The molecule has 0 aromatic rings. The number of methoxy groups -OCH3 is 1. The molecule has 0 saturated carbocycles. The first-order valence-corrected chi connectivity index (χ1v) is 4.02. The molecular weight excluding hydrogens is 140 g/mol. The molecule has 0 amide bonds. The van der Waals surface area contributed by atoms with E-state index in [2.05, 4.69) is 29.1 Å². The summed E-state index contributed by atoms with van der Waals surface area (Å²) >= 11 is 0. The van der Waals surface area contributed by atoms with E-state index in [1.807, 2.05) is 0 Å². The van der Waals surface area contributed by atoms with Gasteiger partial charge >= 0.3 is 0 Å². The molecule has 0 atom stereocenters. The maximum Gasteiger partial charge on any atom is 0.119 e. The summed E-state index contributed by atoms with van der Waals surface area (Å²) in [5.74, 6) is 0. The van der Waals surface area contributed by atoms with Crippen LogP contribution in [0, 0.1) is 0 Å². The van der Waals surface area contributed by atoms with E-state index >= 15 is 0 Å². The van der Waals surface area contributed by atoms with Crippen LogP contribution in [0.4, 0.5) is 0 Å². The van der Waals surface area contributed by atoms with Gasteiger partial charge in [0.15, 0.2) is 0 Å². The monoisotopic (exact) mass is 156 g/mol. The molecule has 0 bridgehead atoms. The third-order valence-electron chi connectivity index (χ3n) is 1.66. The summed E-state index contributed by atoms with van der Waals surface area (Å²) < 4.78 is 5.00. The molecule has 1 rings (SSSR count). The van der Waals surface area contributed by atoms with Crippen molar-refractivity contribution in [3.05, 3.63) is 12.4 Å². The van der Waals surface area contributed by atoms with Gasteiger partial charge in [-0.05, 0) is 6.42 Å². The Morgan fingerprint density at radius 1 is 1.36 bits per heavy atom. The van der Waals surface area contributed by atoms with Crippen LogP contribution in [0.5, 0.6) is 0 Å². The molecule has 64 valence electrons. The van der Waals surface area contributed by atoms with Crippen molar-refractivity contribution in [1.29, 1.82) is 0 Å². The van der Waals surface area contributed by atoms with Crippen LogP contribution in [0.15, 0.2) is 12.4 Å². The molecule has 0 aromatic heterocycles. The normalized spacial score (nSPS) is 16.5. The van der Waals surface area contributed by atoms with Crippen LogP contribution >= 0.6 is 0 Å². The Morgan fingerprint density at radius 3 is 2.73 bits per heavy atom. The van der Waals surface area contributed by atoms with Crippen LogP contribution in [0.1, 0.15) is 13.3 Å². The zero-order chi connectivity index (χ0) is 8.10. The van der Waals surface area contributed by atoms with Crippen LogP contribution in [0.25, 0.3) is 0 Å². The van der Waals surface area contributed by atoms with Crippen molar-refractivity contribution in [3.63, 3.8) is 0 Å². The maximum atomic E-state index is 5.00. The lowest BCUT2D eigenvalue weighted by Crippen LogP contribution is -2.27. The number of rotatable bonds is 4. The van der Waals surface area contributed by atoms with Crippen LogP contribution in [-0.2, 0) is 4.74 Å². The van der Waals surface area contributed by atoms with E-state index in [1.165, 1.54) is 6.42 Å². The second-order valence-corrected chi connectivity index (χ2v) is 2.76. The van der Waals surface area contributed by atoms with Gasteiger partial charge in [0.1, 0.15) is 6.73 Å². The molecule has 1 aliphatic rings. The highest BCUT2D eigenvalue weighted by atomic mass is 16.5. The Balaban J connectivity index is 2.19. The molecule has 1 heterocycles. The minimum Gasteiger partial charge on any atom is -0.364 e. The standard InChI is InChI=1S/C8H16N2O/c1-3-4-9-5-6-10(7-9)8-11-2/h5-6H,3-4,7-8H2,1-2H3. The van der Waals surface area contributed by atoms with Gasteiger partial charge in [0.25, 0.3) is 0 Å². The Labute approximate surface area is 68.2 Å². The fourth-order valence-electron chi connectivity index (χ4n) is 1.20. The van der Waals surface area contributed by atoms with E-state index in [-0.39, 0.29) is 0 Å². The quantitative estimate of drug-likeness (QED) is 0.605. The second-order valence-electron chi connectivity index (χ2n) is 2.76. The zero-order valence-electron chi connectivity index (χ0n) is 7.29. The summed E-state index contributed by atoms with van der Waals surface area (Å²) in [5.41, 5.74) is 0. The van der Waals surface area contributed by atoms with Crippen LogP contribution in [-0.4, -0.2) is 36.9 Å². The molecule has 0 radical (unpaired) electrons. The number of hydrogen-bond donors (Lipinski definition) is 0. The summed E-state index contributed by atoms with van der Waals surface area (Å²) in [7, 11) is 1.72. The van der Waals surface area contributed by atoms with Gasteiger partial charge in [-0.15, -0.1) is 0 Å². The molecule has 3 heteroatoms. The topological polar surface area (TPSA) is 15.7 Å². The second kappa shape index (κ2) is 4.23. The van der Waals surface area contributed by atoms with Gasteiger partial charge in [-0.1, -0.05) is 6.92 Å². The fraction of sp³-hybridized carbons (Fsp3) is 0.750. The molecule has 0 saturated heterocycles. The van der Waals surface area contributed by atoms with Crippen molar-refractivity contribution in [3.8, 4) is 0 Å². The van der Waals surface area contributed by atoms with Crippen molar-refractivity contribution >= 4 is 0 Å². The Bertz CT molecular complexity index is 122. The van der Waals surface area contributed by atoms with Gasteiger partial charge in [-0.3, -0.25) is 0 Å². The smallest absolute Gasteiger partial charge is 0.119 e. The molecular formula is C8H16N2O. The van der Waals surface area contributed by atoms with E-state index < -0.39 is 0 Å². The van der Waals surface area contributed by atoms with Crippen molar-refractivity contribution in [1.82, 2.24) is 9.80 Å². The van der Waals surface area contributed by atoms with Crippen LogP contribution < -0.4 is 0 Å². The maximum absolute atomic E-state index is 5.00. The highest BCUT2D eigenvalue weighted by Crippen LogP contribution is 2.05. The summed E-state index contributed by atoms with van der Waals surface area (Å²) in [6.45, 7) is 4.99. The van der Waals surface area contributed by atoms with Gasteiger partial charge in [0.2, 0.25) is 0 Å². The molecule has 0 fully saturated rings. The van der Waals surface area contributed by atoms with Crippen molar-refractivity contribution in [2.75, 3.05) is 27.1 Å². The number of ether oxygens (including phenoxy) is 1. The molecule has 11 heavy (non-hydrogen) atoms. The van der Waals surface area contributed by atoms with E-state index in [1.54, 1.807) is 7.11 Å². The molecule has 0 spiro atoms. The summed E-state index contributed by atoms with van der Waals surface area (Å²) in [5, 5.41) is 0. The van der Waals surface area contributed by atoms with Crippen LogP contribution in [0.2, 0.25) is 0 Å². The van der Waals surface area contributed by atoms with E-state index in [0.717, 1.165) is 13.2 Å². The Hall–Kier alpha value is -0.700. The zero-order valence-corrected chi connectivity index (χ0v) is 7.29. The lowest BCUT2D eigenvalue weighted by molar-refractivity contribution is 0.0818. The summed E-state index contributed by atoms with van der Waals surface area (Å²) in [6, 6.07) is 0. The lowest BCUT2D eigenvalue weighted by Gasteiger charge is -2.19. The van der Waals surface area contributed by atoms with Gasteiger partial charge < -0.3 is 14.5 Å². The predicted molar refractivity (Wildman–Crippen MR) is 44.7 cm³/mol. The summed E-state index contributed by atoms with van der Waals surface area (Å²) in [4.78, 5) is 4.41. The van der Waals surface area contributed by atoms with Gasteiger partial charge in [-0.2, -0.15) is 0 Å². The molecule has 0 unspecified atom stereocenters. The minimum absolute atomic E-state index is 0.691. The first-order chi connectivity index (χ1) is 5.36. The predicted octanol–water partition coefficient (Wildman–Crippen LogP) is 1.05. The van der Waals surface area contributed by atoms with Crippen molar-refractivity contribution in [2.45, 2.75) is 13.3 Å². The molecule has 0 aliphatic carbocycles. The first kappa shape index (κ1) is 8.40. The molecule has 3 nitrogen and oxygen atoms in total. The van der Waals surface area contributed by atoms with E-state index in [9.17, 15) is 0 Å². The molecule has 1 aliphatic heterocycles. The lowest BCUT2D eigenvalue weighted by atomic mass is 10.4. The SMILES string of the molecule is CCCN1C=CN(COC)C1. The minimum atomic E-state index is 0.691. The third-order valence-corrected chi connectivity index (χ3v) is 1.66. The largest absolute Gasteiger partial charge is 0.364 e. The molecule has 0 aromatic carbocycles. The van der Waals surface area contributed by atoms with Crippen LogP contribution in [0.3, 0.4) is 0 Å². The Morgan fingerprint density at radius 2 is 2.09 bits per heavy atom. The Kier molecular flexibility index (Phi) is 3.23. The first-order valence-electron chi connectivity index (χ1n) is 4.02. The number of nitrogens with zero attached hydrogens (tertiary/aromatic N) is 2. The number of hydrogen-bond acceptors (Lipinski definition) is 3. The van der Waals surface area contributed by atoms with Crippen molar-refractivity contribution in [2.24, 2.45) is 0 Å². The average Bonchev–Trinajstić information content (AvgIpc) is 2.38. The van der Waals surface area contributed by atoms with E-state index in [0.29, 0.717) is 6.73 Å². The molecule has 0 N–H and O–H groups in total. The van der Waals surface area contributed by atoms with Gasteiger partial charge in [0, 0.05) is 26.1 Å². The average molecular weight is 156 g/mol. The fourth-order valence-corrected chi connectivity index (χ4v) is 1.20. The third kappa shape index (κ3) is 2.42. The van der Waals surface area contributed by atoms with Crippen molar-refractivity contribution < 1.29 is 4.74 Å². The van der Waals surface area contributed by atoms with Gasteiger partial charge in [-0.25, -0.2) is 0 Å². The van der Waals surface area contributed by atoms with E-state index in [4.69, 9.17) is 4.74 Å². The highest BCUT2D eigenvalue weighted by molar-refractivity contribution is 4.88.